The lowest BCUT2D eigenvalue weighted by molar-refractivity contribution is -0.118. The molecule has 1 amide bonds. The Bertz CT molecular complexity index is 1030. The zero-order chi connectivity index (χ0) is 18.3. The van der Waals surface area contributed by atoms with Gasteiger partial charge in [0.25, 0.3) is 5.91 Å². The number of fused-ring (bicyclic) bond motifs is 1. The van der Waals surface area contributed by atoms with Crippen molar-refractivity contribution in [2.75, 3.05) is 0 Å². The van der Waals surface area contributed by atoms with Crippen molar-refractivity contribution < 1.29 is 9.18 Å². The average Bonchev–Trinajstić information content (AvgIpc) is 3.30. The first-order valence-electron chi connectivity index (χ1n) is 8.88. The zero-order valence-corrected chi connectivity index (χ0v) is 14.9. The van der Waals surface area contributed by atoms with E-state index in [0.29, 0.717) is 0 Å². The quantitative estimate of drug-likeness (QED) is 0.637. The molecule has 3 nitrogen and oxygen atoms in total. The van der Waals surface area contributed by atoms with Gasteiger partial charge >= 0.3 is 0 Å². The minimum absolute atomic E-state index is 0.148. The molecule has 0 saturated heterocycles. The Hall–Kier alpha value is -2.88. The van der Waals surface area contributed by atoms with E-state index in [1.165, 1.54) is 6.08 Å². The summed E-state index contributed by atoms with van der Waals surface area (Å²) in [4.78, 5) is 15.0. The fraction of sp³-hybridized carbons (Fsp3) is 0.227. The van der Waals surface area contributed by atoms with Crippen molar-refractivity contribution in [2.24, 2.45) is 0 Å². The van der Waals surface area contributed by atoms with E-state index in [2.05, 4.69) is 34.6 Å². The van der Waals surface area contributed by atoms with E-state index in [1.54, 1.807) is 0 Å². The second-order valence-corrected chi connectivity index (χ2v) is 7.04. The van der Waals surface area contributed by atoms with Crippen molar-refractivity contribution in [2.45, 2.75) is 32.7 Å². The molecular weight excluding hydrogens is 327 g/mol. The number of carbonyl (C=O) groups is 1. The topological polar surface area (TPSA) is 44.9 Å². The van der Waals surface area contributed by atoms with Gasteiger partial charge in [0.1, 0.15) is 0 Å². The molecule has 1 saturated carbocycles. The molecule has 1 fully saturated rings. The van der Waals surface area contributed by atoms with Crippen LogP contribution >= 0.6 is 0 Å². The smallest absolute Gasteiger partial charge is 0.280 e. The monoisotopic (exact) mass is 348 g/mol. The first-order valence-corrected chi connectivity index (χ1v) is 8.88. The lowest BCUT2D eigenvalue weighted by Crippen LogP contribution is -2.25. The number of hydrogen-bond acceptors (Lipinski definition) is 1. The lowest BCUT2D eigenvalue weighted by Gasteiger charge is -2.11. The Morgan fingerprint density at radius 2 is 1.96 bits per heavy atom. The summed E-state index contributed by atoms with van der Waals surface area (Å²) in [5.41, 5.74) is 6.07. The standard InChI is InChI=1S/C22H21FN2O/c1-13-10-19(15-3-6-21-16(11-15)7-8-24-21)14(2)9-17(13)12-20(23)22(26)25-18-4-5-18/h3,6-12,18,24H,4-5H2,1-2H3,(H,25,26). The van der Waals surface area contributed by atoms with Gasteiger partial charge in [-0.15, -0.1) is 0 Å². The SMILES string of the molecule is Cc1cc(-c2ccc3[nH]ccc3c2)c(C)cc1C=C(F)C(=O)NC1CC1. The third kappa shape index (κ3) is 3.27. The van der Waals surface area contributed by atoms with Gasteiger partial charge < -0.3 is 10.3 Å². The number of benzene rings is 2. The number of H-pyrrole nitrogens is 1. The molecule has 26 heavy (non-hydrogen) atoms. The predicted octanol–water partition coefficient (Wildman–Crippen LogP) is 5.04. The van der Waals surface area contributed by atoms with E-state index < -0.39 is 11.7 Å². The number of aromatic amines is 1. The van der Waals surface area contributed by atoms with Gasteiger partial charge in [-0.1, -0.05) is 18.2 Å². The normalized spacial score (nSPS) is 14.7. The predicted molar refractivity (Wildman–Crippen MR) is 103 cm³/mol. The van der Waals surface area contributed by atoms with E-state index in [0.717, 1.165) is 51.6 Å². The van der Waals surface area contributed by atoms with Crippen LogP contribution in [0.3, 0.4) is 0 Å². The van der Waals surface area contributed by atoms with E-state index in [-0.39, 0.29) is 6.04 Å². The maximum atomic E-state index is 14.2. The molecule has 2 aromatic carbocycles. The summed E-state index contributed by atoms with van der Waals surface area (Å²) in [6.45, 7) is 3.95. The largest absolute Gasteiger partial charge is 0.361 e. The number of nitrogens with one attached hydrogen (secondary N) is 2. The Labute approximate surface area is 151 Å². The minimum atomic E-state index is -0.735. The van der Waals surface area contributed by atoms with Gasteiger partial charge in [0, 0.05) is 17.8 Å². The van der Waals surface area contributed by atoms with Crippen LogP contribution in [0.1, 0.15) is 29.5 Å². The van der Waals surface area contributed by atoms with Crippen molar-refractivity contribution in [3.05, 3.63) is 65.1 Å². The van der Waals surface area contributed by atoms with Crippen LogP contribution in [-0.4, -0.2) is 16.9 Å². The van der Waals surface area contributed by atoms with Gasteiger partial charge in [0.2, 0.25) is 0 Å². The number of halogens is 1. The third-order valence-corrected chi connectivity index (χ3v) is 4.89. The highest BCUT2D eigenvalue weighted by Gasteiger charge is 2.24. The summed E-state index contributed by atoms with van der Waals surface area (Å²) < 4.78 is 14.2. The fourth-order valence-electron chi connectivity index (χ4n) is 3.21. The molecule has 1 aliphatic rings. The Morgan fingerprint density at radius 1 is 1.15 bits per heavy atom. The van der Waals surface area contributed by atoms with E-state index in [9.17, 15) is 9.18 Å². The second-order valence-electron chi connectivity index (χ2n) is 7.04. The highest BCUT2D eigenvalue weighted by atomic mass is 19.1. The van der Waals surface area contributed by atoms with E-state index >= 15 is 0 Å². The average molecular weight is 348 g/mol. The highest BCUT2D eigenvalue weighted by molar-refractivity contribution is 5.96. The molecule has 2 N–H and O–H groups in total. The van der Waals surface area contributed by atoms with Gasteiger partial charge in [-0.3, -0.25) is 4.79 Å². The molecule has 3 aromatic rings. The van der Waals surface area contributed by atoms with Crippen molar-refractivity contribution in [3.8, 4) is 11.1 Å². The molecule has 0 unspecified atom stereocenters. The maximum Gasteiger partial charge on any atom is 0.280 e. The van der Waals surface area contributed by atoms with Crippen LogP contribution in [0, 0.1) is 13.8 Å². The number of carbonyl (C=O) groups excluding carboxylic acids is 1. The lowest BCUT2D eigenvalue weighted by atomic mass is 9.94. The van der Waals surface area contributed by atoms with Crippen LogP contribution in [0.4, 0.5) is 4.39 Å². The zero-order valence-electron chi connectivity index (χ0n) is 14.9. The van der Waals surface area contributed by atoms with Gasteiger partial charge in [0.15, 0.2) is 5.83 Å². The second kappa shape index (κ2) is 6.45. The van der Waals surface area contributed by atoms with Crippen molar-refractivity contribution in [1.82, 2.24) is 10.3 Å². The molecular formula is C22H21FN2O. The first-order chi connectivity index (χ1) is 12.5. The van der Waals surface area contributed by atoms with Crippen LogP contribution in [0.2, 0.25) is 0 Å². The summed E-state index contributed by atoms with van der Waals surface area (Å²) >= 11 is 0. The first kappa shape index (κ1) is 16.6. The van der Waals surface area contributed by atoms with Crippen molar-refractivity contribution in [3.63, 3.8) is 0 Å². The molecule has 132 valence electrons. The summed E-state index contributed by atoms with van der Waals surface area (Å²) in [5.74, 6) is -1.35. The molecule has 1 heterocycles. The van der Waals surface area contributed by atoms with E-state index in [1.807, 2.05) is 32.2 Å². The highest BCUT2D eigenvalue weighted by Crippen LogP contribution is 2.30. The molecule has 0 spiro atoms. The molecule has 0 radical (unpaired) electrons. The van der Waals surface area contributed by atoms with Gasteiger partial charge in [-0.25, -0.2) is 4.39 Å². The number of hydrogen-bond donors (Lipinski definition) is 2. The van der Waals surface area contributed by atoms with Crippen LogP contribution in [0.5, 0.6) is 0 Å². The molecule has 1 aromatic heterocycles. The summed E-state index contributed by atoms with van der Waals surface area (Å²) in [6.07, 6.45) is 5.14. The summed E-state index contributed by atoms with van der Waals surface area (Å²) in [6, 6.07) is 12.5. The number of rotatable bonds is 4. The van der Waals surface area contributed by atoms with E-state index in [4.69, 9.17) is 0 Å². The number of aromatic nitrogens is 1. The number of aryl methyl sites for hydroxylation is 2. The Morgan fingerprint density at radius 3 is 2.73 bits per heavy atom. The molecule has 0 aliphatic heterocycles. The molecule has 1 aliphatic carbocycles. The van der Waals surface area contributed by atoms with Gasteiger partial charge in [0.05, 0.1) is 0 Å². The minimum Gasteiger partial charge on any atom is -0.361 e. The van der Waals surface area contributed by atoms with Gasteiger partial charge in [-0.2, -0.15) is 0 Å². The van der Waals surface area contributed by atoms with Crippen LogP contribution in [-0.2, 0) is 4.79 Å². The number of amides is 1. The van der Waals surface area contributed by atoms with Crippen molar-refractivity contribution in [1.29, 1.82) is 0 Å². The molecule has 0 bridgehead atoms. The Kier molecular flexibility index (Phi) is 4.11. The fourth-order valence-corrected chi connectivity index (χ4v) is 3.21. The summed E-state index contributed by atoms with van der Waals surface area (Å²) in [5, 5.41) is 3.83. The third-order valence-electron chi connectivity index (χ3n) is 4.89. The van der Waals surface area contributed by atoms with Crippen LogP contribution in [0.25, 0.3) is 28.1 Å². The molecule has 4 rings (SSSR count). The molecule has 0 atom stereocenters. The van der Waals surface area contributed by atoms with Crippen LogP contribution < -0.4 is 5.32 Å². The Balaban J connectivity index is 1.66. The van der Waals surface area contributed by atoms with Crippen LogP contribution in [0.15, 0.2) is 48.4 Å². The van der Waals surface area contributed by atoms with Crippen molar-refractivity contribution >= 4 is 22.9 Å². The van der Waals surface area contributed by atoms with Gasteiger partial charge in [-0.05, 0) is 84.2 Å². The molecule has 4 heteroatoms. The maximum absolute atomic E-state index is 14.2. The summed E-state index contributed by atoms with van der Waals surface area (Å²) in [7, 11) is 0.